The third-order valence-corrected chi connectivity index (χ3v) is 5.08. The van der Waals surface area contributed by atoms with Crippen LogP contribution >= 0.6 is 11.8 Å². The van der Waals surface area contributed by atoms with E-state index in [-0.39, 0.29) is 5.82 Å². The predicted octanol–water partition coefficient (Wildman–Crippen LogP) is -0.659. The Balaban J connectivity index is 2.12. The molecule has 2 heterocycles. The summed E-state index contributed by atoms with van der Waals surface area (Å²) >= 11 is 1.04. The summed E-state index contributed by atoms with van der Waals surface area (Å²) in [5, 5.41) is 28.5. The Kier molecular flexibility index (Phi) is 4.61. The smallest absolute Gasteiger partial charge is 0.352 e. The lowest BCUT2D eigenvalue weighted by Crippen LogP contribution is -2.48. The zero-order valence-corrected chi connectivity index (χ0v) is 13.3. The zero-order valence-electron chi connectivity index (χ0n) is 12.5. The van der Waals surface area contributed by atoms with Crippen molar-refractivity contribution in [3.05, 3.63) is 53.1 Å². The van der Waals surface area contributed by atoms with Crippen LogP contribution in [0.4, 0.5) is 5.82 Å². The lowest BCUT2D eigenvalue weighted by Gasteiger charge is -2.32. The van der Waals surface area contributed by atoms with E-state index < -0.39 is 35.7 Å². The molecule has 0 spiro atoms. The third-order valence-electron chi connectivity index (χ3n) is 3.75. The number of aliphatic hydroxyl groups is 3. The summed E-state index contributed by atoms with van der Waals surface area (Å²) in [5.41, 5.74) is 4.78. The summed E-state index contributed by atoms with van der Waals surface area (Å²) < 4.78 is 6.80. The van der Waals surface area contributed by atoms with Crippen LogP contribution in [0.1, 0.15) is 0 Å². The van der Waals surface area contributed by atoms with Crippen LogP contribution in [0.5, 0.6) is 0 Å². The molecular formula is C15H17N3O5S. The highest BCUT2D eigenvalue weighted by Gasteiger charge is 2.57. The molecule has 1 aromatic heterocycles. The fourth-order valence-corrected chi connectivity index (χ4v) is 3.86. The van der Waals surface area contributed by atoms with Crippen LogP contribution in [0.2, 0.25) is 0 Å². The van der Waals surface area contributed by atoms with Gasteiger partial charge in [-0.1, -0.05) is 30.0 Å². The van der Waals surface area contributed by atoms with E-state index in [9.17, 15) is 20.1 Å². The van der Waals surface area contributed by atoms with Crippen molar-refractivity contribution in [2.75, 3.05) is 12.3 Å². The number of hydrogen-bond acceptors (Lipinski definition) is 8. The molecule has 4 atom stereocenters. The maximum Gasteiger partial charge on any atom is 0.352 e. The van der Waals surface area contributed by atoms with Crippen LogP contribution in [0.3, 0.4) is 0 Å². The van der Waals surface area contributed by atoms with Gasteiger partial charge in [-0.25, -0.2) is 4.79 Å². The Bertz CT molecular complexity index is 771. The van der Waals surface area contributed by atoms with E-state index in [2.05, 4.69) is 4.98 Å². The van der Waals surface area contributed by atoms with Crippen LogP contribution in [0, 0.1) is 0 Å². The number of thioether (sulfide) groups is 1. The molecule has 0 bridgehead atoms. The highest BCUT2D eigenvalue weighted by molar-refractivity contribution is 8.00. The second-order valence-electron chi connectivity index (χ2n) is 5.33. The maximum absolute atomic E-state index is 12.3. The van der Waals surface area contributed by atoms with E-state index in [1.54, 1.807) is 24.3 Å². The van der Waals surface area contributed by atoms with E-state index in [0.717, 1.165) is 16.3 Å². The van der Waals surface area contributed by atoms with Crippen molar-refractivity contribution < 1.29 is 20.1 Å². The van der Waals surface area contributed by atoms with E-state index in [4.69, 9.17) is 10.5 Å². The van der Waals surface area contributed by atoms with Crippen LogP contribution in [-0.2, 0) is 9.79 Å². The van der Waals surface area contributed by atoms with Crippen LogP contribution < -0.4 is 11.4 Å². The van der Waals surface area contributed by atoms with E-state index in [1.165, 1.54) is 12.3 Å². The van der Waals surface area contributed by atoms with Gasteiger partial charge in [-0.2, -0.15) is 4.98 Å². The van der Waals surface area contributed by atoms with Gasteiger partial charge in [0.15, 0.2) is 0 Å². The molecule has 3 rings (SSSR count). The first-order valence-electron chi connectivity index (χ1n) is 7.22. The highest BCUT2D eigenvalue weighted by atomic mass is 32.2. The number of aliphatic hydroxyl groups excluding tert-OH is 3. The molecule has 0 aliphatic carbocycles. The topological polar surface area (TPSA) is 131 Å². The summed E-state index contributed by atoms with van der Waals surface area (Å²) in [4.78, 5) is 16.6. The standard InChI is InChI=1S/C15H17N3O5S/c16-11-6-7-18(14(22)17-11)15(24-9-4-2-1-3-5-9)13(21)12(20)10(8-19)23-15/h1-7,10,12-13,19-21H,8H2,(H2,16,17,22)/t10-,12-,13-,15+/m1/s1. The van der Waals surface area contributed by atoms with Crippen LogP contribution in [0.15, 0.2) is 52.3 Å². The Labute approximate surface area is 141 Å². The first-order chi connectivity index (χ1) is 11.5. The first kappa shape index (κ1) is 16.9. The third kappa shape index (κ3) is 2.80. The van der Waals surface area contributed by atoms with Crippen molar-refractivity contribution in [1.29, 1.82) is 0 Å². The molecule has 2 aromatic rings. The van der Waals surface area contributed by atoms with Crippen LogP contribution in [-0.4, -0.2) is 49.8 Å². The van der Waals surface area contributed by atoms with Crippen molar-refractivity contribution in [3.8, 4) is 0 Å². The number of hydrogen-bond donors (Lipinski definition) is 4. The monoisotopic (exact) mass is 351 g/mol. The van der Waals surface area contributed by atoms with Gasteiger partial charge in [-0.3, -0.25) is 4.57 Å². The molecule has 8 nitrogen and oxygen atoms in total. The minimum Gasteiger partial charge on any atom is -0.394 e. The predicted molar refractivity (Wildman–Crippen MR) is 87.2 cm³/mol. The molecule has 0 unspecified atom stereocenters. The minimum absolute atomic E-state index is 0.0304. The van der Waals surface area contributed by atoms with Gasteiger partial charge in [0.25, 0.3) is 0 Å². The van der Waals surface area contributed by atoms with Gasteiger partial charge in [0.05, 0.1) is 6.61 Å². The number of nitrogen functional groups attached to an aromatic ring is 1. The lowest BCUT2D eigenvalue weighted by molar-refractivity contribution is -0.0819. The number of benzene rings is 1. The van der Waals surface area contributed by atoms with E-state index in [1.807, 2.05) is 6.07 Å². The molecule has 1 saturated heterocycles. The van der Waals surface area contributed by atoms with Crippen molar-refractivity contribution in [1.82, 2.24) is 9.55 Å². The molecule has 24 heavy (non-hydrogen) atoms. The van der Waals surface area contributed by atoms with Gasteiger partial charge in [0.1, 0.15) is 24.1 Å². The second-order valence-corrected chi connectivity index (χ2v) is 6.59. The second kappa shape index (κ2) is 6.54. The molecule has 9 heteroatoms. The highest BCUT2D eigenvalue weighted by Crippen LogP contribution is 2.47. The van der Waals surface area contributed by atoms with Crippen molar-refractivity contribution >= 4 is 17.6 Å². The summed E-state index contributed by atoms with van der Waals surface area (Å²) in [6.07, 6.45) is -2.53. The Morgan fingerprint density at radius 2 is 2.00 bits per heavy atom. The zero-order chi connectivity index (χ0) is 17.3. The maximum atomic E-state index is 12.3. The minimum atomic E-state index is -1.67. The molecule has 1 fully saturated rings. The molecule has 5 N–H and O–H groups in total. The fraction of sp³-hybridized carbons (Fsp3) is 0.333. The Morgan fingerprint density at radius 1 is 1.29 bits per heavy atom. The molecule has 0 radical (unpaired) electrons. The SMILES string of the molecule is Nc1ccn([C@]2(Sc3ccccc3)O[C@H](CO)[C@@H](O)[C@H]2O)c(=O)n1. The molecule has 128 valence electrons. The average molecular weight is 351 g/mol. The van der Waals surface area contributed by atoms with Crippen LogP contribution in [0.25, 0.3) is 0 Å². The molecule has 1 aliphatic rings. The van der Waals surface area contributed by atoms with Gasteiger partial charge >= 0.3 is 5.69 Å². The number of nitrogens with zero attached hydrogens (tertiary/aromatic N) is 2. The fourth-order valence-electron chi connectivity index (χ4n) is 2.56. The van der Waals surface area contributed by atoms with E-state index in [0.29, 0.717) is 4.90 Å². The summed E-state index contributed by atoms with van der Waals surface area (Å²) in [7, 11) is 0. The number of ether oxygens (including phenoxy) is 1. The first-order valence-corrected chi connectivity index (χ1v) is 8.04. The number of rotatable bonds is 4. The van der Waals surface area contributed by atoms with Gasteiger partial charge in [0, 0.05) is 11.1 Å². The van der Waals surface area contributed by atoms with E-state index >= 15 is 0 Å². The van der Waals surface area contributed by atoms with Gasteiger partial charge < -0.3 is 25.8 Å². The molecular weight excluding hydrogens is 334 g/mol. The lowest BCUT2D eigenvalue weighted by atomic mass is 10.1. The number of nitrogens with two attached hydrogens (primary N) is 1. The van der Waals surface area contributed by atoms with Crippen molar-refractivity contribution in [3.63, 3.8) is 0 Å². The molecule has 1 aliphatic heterocycles. The average Bonchev–Trinajstić information content (AvgIpc) is 2.81. The van der Waals surface area contributed by atoms with Gasteiger partial charge in [0.2, 0.25) is 5.06 Å². The molecule has 0 saturated carbocycles. The number of aromatic nitrogens is 2. The normalized spacial score (nSPS) is 29.7. The Hall–Kier alpha value is -1.91. The largest absolute Gasteiger partial charge is 0.394 e. The van der Waals surface area contributed by atoms with Crippen molar-refractivity contribution in [2.24, 2.45) is 0 Å². The quantitative estimate of drug-likeness (QED) is 0.571. The van der Waals surface area contributed by atoms with Gasteiger partial charge in [-0.15, -0.1) is 0 Å². The van der Waals surface area contributed by atoms with Gasteiger partial charge in [-0.05, 0) is 18.2 Å². The Morgan fingerprint density at radius 3 is 2.58 bits per heavy atom. The van der Waals surface area contributed by atoms with Crippen molar-refractivity contribution in [2.45, 2.75) is 28.3 Å². The summed E-state index contributed by atoms with van der Waals surface area (Å²) in [6, 6.07) is 10.4. The molecule has 0 amide bonds. The number of anilines is 1. The summed E-state index contributed by atoms with van der Waals surface area (Å²) in [5.74, 6) is 0.0304. The molecule has 1 aromatic carbocycles. The summed E-state index contributed by atoms with van der Waals surface area (Å²) in [6.45, 7) is -0.507.